The number of amides is 1. The lowest BCUT2D eigenvalue weighted by molar-refractivity contribution is 0.135. The number of hydrogen-bond donors (Lipinski definition) is 3. The third-order valence-electron chi connectivity index (χ3n) is 5.83. The first-order valence-corrected chi connectivity index (χ1v) is 12.5. The summed E-state index contributed by atoms with van der Waals surface area (Å²) in [6.07, 6.45) is 0.307. The molecule has 4 aromatic rings. The third-order valence-corrected chi connectivity index (χ3v) is 6.61. The largest absolute Gasteiger partial charge is 0.452 e. The Labute approximate surface area is 236 Å². The molecule has 0 spiro atoms. The third kappa shape index (κ3) is 5.94. The van der Waals surface area contributed by atoms with Crippen molar-refractivity contribution in [3.8, 4) is 0 Å². The first-order valence-electron chi connectivity index (χ1n) is 11.7. The lowest BCUT2D eigenvalue weighted by atomic mass is 10.1. The Morgan fingerprint density at radius 3 is 2.45 bits per heavy atom. The minimum Gasteiger partial charge on any atom is -0.452 e. The molecular weight excluding hydrogens is 586 g/mol. The minimum absolute atomic E-state index is 0.0172. The monoisotopic (exact) mass is 610 g/mol. The highest BCUT2D eigenvalue weighted by Gasteiger charge is 2.26. The van der Waals surface area contributed by atoms with Gasteiger partial charge in [-0.3, -0.25) is 4.90 Å². The van der Waals surface area contributed by atoms with Gasteiger partial charge in [-0.1, -0.05) is 58.9 Å². The molecule has 0 aliphatic heterocycles. The molecule has 206 valence electrons. The van der Waals surface area contributed by atoms with Crippen molar-refractivity contribution in [1.29, 1.82) is 0 Å². The zero-order valence-electron chi connectivity index (χ0n) is 21.3. The molecule has 4 rings (SSSR count). The van der Waals surface area contributed by atoms with E-state index < -0.39 is 17.7 Å². The van der Waals surface area contributed by atoms with E-state index in [4.69, 9.17) is 21.9 Å². The van der Waals surface area contributed by atoms with Crippen molar-refractivity contribution in [2.45, 2.75) is 13.0 Å². The predicted molar refractivity (Wildman–Crippen MR) is 151 cm³/mol. The van der Waals surface area contributed by atoms with Crippen LogP contribution < -0.4 is 17.2 Å². The summed E-state index contributed by atoms with van der Waals surface area (Å²) in [6, 6.07) is 14.6. The number of fused-ring (bicyclic) bond motifs is 1. The number of halogens is 3. The first-order chi connectivity index (χ1) is 19.1. The van der Waals surface area contributed by atoms with Gasteiger partial charge in [-0.2, -0.15) is 5.10 Å². The Hall–Kier alpha value is -4.78. The van der Waals surface area contributed by atoms with Gasteiger partial charge in [0.1, 0.15) is 34.5 Å². The van der Waals surface area contributed by atoms with Gasteiger partial charge in [-0.05, 0) is 23.3 Å². The van der Waals surface area contributed by atoms with Crippen molar-refractivity contribution in [1.82, 2.24) is 19.7 Å². The van der Waals surface area contributed by atoms with Gasteiger partial charge in [-0.15, -0.1) is 0 Å². The van der Waals surface area contributed by atoms with Gasteiger partial charge in [0.2, 0.25) is 0 Å². The van der Waals surface area contributed by atoms with Gasteiger partial charge in [0.15, 0.2) is 5.84 Å². The fourth-order valence-corrected chi connectivity index (χ4v) is 4.41. The molecule has 13 heteroatoms. The molecule has 2 aromatic carbocycles. The Balaban J connectivity index is 1.75. The van der Waals surface area contributed by atoms with Crippen LogP contribution in [0.5, 0.6) is 0 Å². The normalized spacial score (nSPS) is 11.3. The van der Waals surface area contributed by atoms with E-state index in [9.17, 15) is 13.6 Å². The van der Waals surface area contributed by atoms with Crippen LogP contribution in [0.3, 0.4) is 0 Å². The van der Waals surface area contributed by atoms with E-state index in [0.717, 1.165) is 15.6 Å². The number of hydrogen-bond acceptors (Lipinski definition) is 7. The van der Waals surface area contributed by atoms with Crippen molar-refractivity contribution >= 4 is 44.7 Å². The van der Waals surface area contributed by atoms with Gasteiger partial charge in [0.05, 0.1) is 31.1 Å². The number of nitrogens with two attached hydrogens (primary N) is 3. The van der Waals surface area contributed by atoms with Gasteiger partial charge in [0, 0.05) is 17.0 Å². The van der Waals surface area contributed by atoms with Crippen LogP contribution in [0.2, 0.25) is 0 Å². The number of pyridine rings is 1. The van der Waals surface area contributed by atoms with E-state index in [1.165, 1.54) is 23.9 Å². The molecule has 0 fully saturated rings. The maximum absolute atomic E-state index is 14.3. The second-order valence-electron chi connectivity index (χ2n) is 8.51. The van der Waals surface area contributed by atoms with Crippen LogP contribution in [0.15, 0.2) is 88.4 Å². The van der Waals surface area contributed by atoms with Gasteiger partial charge in [0.25, 0.3) is 0 Å². The topological polar surface area (TPSA) is 151 Å². The van der Waals surface area contributed by atoms with E-state index in [2.05, 4.69) is 37.6 Å². The SMILES string of the molecule is C=C(N=C(N)C(=C(N)N)N(Cc1ccccc1Br)C(=O)OC)n1nc(Cc2ccccc2F)c2ncc(F)cc21. The number of amidine groups is 1. The van der Waals surface area contributed by atoms with Crippen molar-refractivity contribution in [3.05, 3.63) is 112 Å². The molecule has 0 unspecified atom stereocenters. The van der Waals surface area contributed by atoms with Crippen LogP contribution in [0, 0.1) is 11.6 Å². The number of methoxy groups -OCH3 is 1. The van der Waals surface area contributed by atoms with Crippen molar-refractivity contribution in [2.24, 2.45) is 22.2 Å². The predicted octanol–water partition coefficient (Wildman–Crippen LogP) is 4.20. The minimum atomic E-state index is -0.800. The average molecular weight is 611 g/mol. The van der Waals surface area contributed by atoms with Crippen molar-refractivity contribution in [2.75, 3.05) is 7.11 Å². The lowest BCUT2D eigenvalue weighted by Crippen LogP contribution is -2.40. The molecule has 1 amide bonds. The zero-order valence-corrected chi connectivity index (χ0v) is 22.9. The summed E-state index contributed by atoms with van der Waals surface area (Å²) in [4.78, 5) is 22.3. The Morgan fingerprint density at radius 2 is 1.80 bits per heavy atom. The maximum Gasteiger partial charge on any atom is 0.414 e. The Morgan fingerprint density at radius 1 is 1.12 bits per heavy atom. The summed E-state index contributed by atoms with van der Waals surface area (Å²) in [6.45, 7) is 3.89. The van der Waals surface area contributed by atoms with Gasteiger partial charge < -0.3 is 21.9 Å². The Kier molecular flexibility index (Phi) is 8.43. The summed E-state index contributed by atoms with van der Waals surface area (Å²) in [5, 5.41) is 4.47. The molecule has 2 aromatic heterocycles. The van der Waals surface area contributed by atoms with E-state index in [0.29, 0.717) is 22.3 Å². The van der Waals surface area contributed by atoms with E-state index in [-0.39, 0.29) is 41.7 Å². The summed E-state index contributed by atoms with van der Waals surface area (Å²) in [5.41, 5.74) is 20.0. The fraction of sp³-hybridized carbons (Fsp3) is 0.111. The number of nitrogens with zero attached hydrogens (tertiary/aromatic N) is 5. The highest BCUT2D eigenvalue weighted by Crippen LogP contribution is 2.25. The number of benzene rings is 2. The molecule has 0 aliphatic rings. The number of rotatable bonds is 8. The van der Waals surface area contributed by atoms with Crippen LogP contribution in [0.1, 0.15) is 16.8 Å². The molecular formula is C27H25BrF2N8O2. The summed E-state index contributed by atoms with van der Waals surface area (Å²) >= 11 is 3.44. The second-order valence-corrected chi connectivity index (χ2v) is 9.37. The van der Waals surface area contributed by atoms with E-state index >= 15 is 0 Å². The molecule has 6 N–H and O–H groups in total. The fourth-order valence-electron chi connectivity index (χ4n) is 4.00. The number of aromatic nitrogens is 3. The summed E-state index contributed by atoms with van der Waals surface area (Å²) in [7, 11) is 1.19. The zero-order chi connectivity index (χ0) is 29.0. The smallest absolute Gasteiger partial charge is 0.414 e. The van der Waals surface area contributed by atoms with Crippen LogP contribution in [-0.2, 0) is 17.7 Å². The van der Waals surface area contributed by atoms with Crippen molar-refractivity contribution in [3.63, 3.8) is 0 Å². The quantitative estimate of drug-likeness (QED) is 0.200. The Bertz CT molecular complexity index is 1660. The number of aliphatic imine (C=N–C) groups is 1. The van der Waals surface area contributed by atoms with Crippen LogP contribution in [0.25, 0.3) is 16.9 Å². The first kappa shape index (κ1) is 28.2. The molecule has 0 saturated carbocycles. The number of ether oxygens (including phenoxy) is 1. The molecule has 2 heterocycles. The number of carbonyl (C=O) groups excluding carboxylic acids is 1. The van der Waals surface area contributed by atoms with E-state index in [1.807, 2.05) is 6.07 Å². The molecule has 40 heavy (non-hydrogen) atoms. The maximum atomic E-state index is 14.3. The highest BCUT2D eigenvalue weighted by molar-refractivity contribution is 9.10. The summed E-state index contributed by atoms with van der Waals surface area (Å²) < 4.78 is 35.4. The highest BCUT2D eigenvalue weighted by atomic mass is 79.9. The molecule has 0 bridgehead atoms. The van der Waals surface area contributed by atoms with Crippen LogP contribution in [0.4, 0.5) is 13.6 Å². The average Bonchev–Trinajstić information content (AvgIpc) is 3.27. The standard InChI is InChI=1S/C27H25BrF2N8O2/c1-15(35-26(33)24(25(31)32)37(27(39)40-2)14-17-8-3-5-9-19(17)28)38-22-12-18(29)13-34-23(22)21(36-38)11-16-7-4-6-10-20(16)30/h3-10,12-13H,1,11,14,31-32H2,2H3,(H2,33,35). The summed E-state index contributed by atoms with van der Waals surface area (Å²) in [5.74, 6) is -1.72. The molecule has 0 aliphatic carbocycles. The number of carbonyl (C=O) groups is 1. The lowest BCUT2D eigenvalue weighted by Gasteiger charge is -2.25. The van der Waals surface area contributed by atoms with E-state index in [1.54, 1.807) is 36.4 Å². The second kappa shape index (κ2) is 11.9. The van der Waals surface area contributed by atoms with Gasteiger partial charge >= 0.3 is 6.09 Å². The molecule has 0 saturated heterocycles. The molecule has 0 radical (unpaired) electrons. The van der Waals surface area contributed by atoms with Crippen LogP contribution >= 0.6 is 15.9 Å². The van der Waals surface area contributed by atoms with Gasteiger partial charge in [-0.25, -0.2) is 28.2 Å². The molecule has 10 nitrogen and oxygen atoms in total. The molecule has 0 atom stereocenters. The van der Waals surface area contributed by atoms with Crippen LogP contribution in [-0.4, -0.2) is 38.7 Å². The van der Waals surface area contributed by atoms with Crippen molar-refractivity contribution < 1.29 is 18.3 Å².